The Bertz CT molecular complexity index is 821. The molecule has 2 rings (SSSR count). The van der Waals surface area contributed by atoms with Crippen LogP contribution in [-0.2, 0) is 21.2 Å². The summed E-state index contributed by atoms with van der Waals surface area (Å²) in [6.07, 6.45) is 1.46. The second-order valence-electron chi connectivity index (χ2n) is 6.27. The number of nitrogens with one attached hydrogen (secondary N) is 2. The molecule has 0 heterocycles. The van der Waals surface area contributed by atoms with Gasteiger partial charge in [-0.15, -0.1) is 0 Å². The van der Waals surface area contributed by atoms with Crippen molar-refractivity contribution in [2.75, 3.05) is 13.2 Å². The largest absolute Gasteiger partial charge is 0.484 e. The Labute approximate surface area is 161 Å². The normalized spacial score (nSPS) is 12.4. The molecule has 6 nitrogen and oxygen atoms in total. The Morgan fingerprint density at radius 3 is 2.37 bits per heavy atom. The van der Waals surface area contributed by atoms with Crippen molar-refractivity contribution in [2.45, 2.75) is 37.6 Å². The minimum absolute atomic E-state index is 0.0931. The molecule has 0 spiro atoms. The molecule has 0 aliphatic carbocycles. The summed E-state index contributed by atoms with van der Waals surface area (Å²) in [4.78, 5) is 11.9. The van der Waals surface area contributed by atoms with Gasteiger partial charge in [0.25, 0.3) is 5.91 Å². The smallest absolute Gasteiger partial charge is 0.258 e. The van der Waals surface area contributed by atoms with Gasteiger partial charge in [-0.1, -0.05) is 37.3 Å². The summed E-state index contributed by atoms with van der Waals surface area (Å²) < 4.78 is 32.7. The molecule has 146 valence electrons. The molecule has 0 saturated heterocycles. The van der Waals surface area contributed by atoms with Crippen LogP contribution >= 0.6 is 0 Å². The van der Waals surface area contributed by atoms with Crippen LogP contribution in [0.15, 0.2) is 59.5 Å². The van der Waals surface area contributed by atoms with E-state index in [-0.39, 0.29) is 23.5 Å². The highest BCUT2D eigenvalue weighted by molar-refractivity contribution is 7.89. The first kappa shape index (κ1) is 20.9. The number of carbonyl (C=O) groups is 1. The average molecular weight is 391 g/mol. The van der Waals surface area contributed by atoms with Crippen molar-refractivity contribution in [3.63, 3.8) is 0 Å². The molecule has 7 heteroatoms. The molecule has 27 heavy (non-hydrogen) atoms. The zero-order chi connectivity index (χ0) is 19.7. The van der Waals surface area contributed by atoms with Crippen molar-refractivity contribution in [1.82, 2.24) is 10.0 Å². The molecule has 0 saturated carbocycles. The third kappa shape index (κ3) is 7.03. The van der Waals surface area contributed by atoms with Gasteiger partial charge in [-0.05, 0) is 49.6 Å². The van der Waals surface area contributed by atoms with Crippen LogP contribution < -0.4 is 14.8 Å². The zero-order valence-electron chi connectivity index (χ0n) is 15.6. The van der Waals surface area contributed by atoms with Gasteiger partial charge in [0.2, 0.25) is 10.0 Å². The zero-order valence-corrected chi connectivity index (χ0v) is 16.5. The fourth-order valence-electron chi connectivity index (χ4n) is 2.34. The molecule has 0 aromatic heterocycles. The third-order valence-electron chi connectivity index (χ3n) is 4.07. The highest BCUT2D eigenvalue weighted by Gasteiger charge is 2.13. The first-order valence-corrected chi connectivity index (χ1v) is 10.4. The molecule has 0 aliphatic rings. The molecule has 0 radical (unpaired) electrons. The lowest BCUT2D eigenvalue weighted by Crippen LogP contribution is -2.35. The Balaban J connectivity index is 1.84. The van der Waals surface area contributed by atoms with E-state index in [1.54, 1.807) is 12.1 Å². The van der Waals surface area contributed by atoms with Crippen molar-refractivity contribution < 1.29 is 17.9 Å². The molecular formula is C20H26N2O4S. The summed E-state index contributed by atoms with van der Waals surface area (Å²) in [6.45, 7) is 4.12. The highest BCUT2D eigenvalue weighted by atomic mass is 32.2. The maximum Gasteiger partial charge on any atom is 0.258 e. The topological polar surface area (TPSA) is 84.5 Å². The quantitative estimate of drug-likeness (QED) is 0.653. The van der Waals surface area contributed by atoms with E-state index in [2.05, 4.69) is 10.0 Å². The van der Waals surface area contributed by atoms with Gasteiger partial charge in [0.1, 0.15) is 5.75 Å². The number of benzene rings is 2. The molecule has 0 fully saturated rings. The van der Waals surface area contributed by atoms with Gasteiger partial charge < -0.3 is 10.1 Å². The van der Waals surface area contributed by atoms with Crippen molar-refractivity contribution in [2.24, 2.45) is 0 Å². The van der Waals surface area contributed by atoms with E-state index in [4.69, 9.17) is 4.74 Å². The van der Waals surface area contributed by atoms with Gasteiger partial charge >= 0.3 is 0 Å². The number of ether oxygens (including phenoxy) is 1. The SMILES string of the molecule is CC[C@@H](C)NC(=O)COc1ccc(S(=O)(=O)NCCc2ccccc2)cc1. The van der Waals surface area contributed by atoms with Crippen LogP contribution in [0.25, 0.3) is 0 Å². The molecular weight excluding hydrogens is 364 g/mol. The van der Waals surface area contributed by atoms with Crippen LogP contribution in [0, 0.1) is 0 Å². The summed E-state index contributed by atoms with van der Waals surface area (Å²) >= 11 is 0. The Kier molecular flexibility index (Phi) is 7.82. The lowest BCUT2D eigenvalue weighted by atomic mass is 10.2. The monoisotopic (exact) mass is 390 g/mol. The van der Waals surface area contributed by atoms with Gasteiger partial charge in [0.15, 0.2) is 6.61 Å². The summed E-state index contributed by atoms with van der Waals surface area (Å²) in [5, 5.41) is 2.80. The van der Waals surface area contributed by atoms with Crippen molar-refractivity contribution in [3.8, 4) is 5.75 Å². The summed E-state index contributed by atoms with van der Waals surface area (Å²) in [6, 6.07) is 15.8. The van der Waals surface area contributed by atoms with E-state index < -0.39 is 10.0 Å². The minimum atomic E-state index is -3.58. The number of sulfonamides is 1. The maximum absolute atomic E-state index is 12.3. The number of hydrogen-bond donors (Lipinski definition) is 2. The Morgan fingerprint density at radius 1 is 1.07 bits per heavy atom. The van der Waals surface area contributed by atoms with Crippen LogP contribution in [-0.4, -0.2) is 33.5 Å². The summed E-state index contributed by atoms with van der Waals surface area (Å²) in [7, 11) is -3.58. The van der Waals surface area contributed by atoms with Gasteiger partial charge in [-0.3, -0.25) is 4.79 Å². The van der Waals surface area contributed by atoms with E-state index in [0.29, 0.717) is 18.7 Å². The van der Waals surface area contributed by atoms with E-state index in [0.717, 1.165) is 12.0 Å². The lowest BCUT2D eigenvalue weighted by molar-refractivity contribution is -0.123. The van der Waals surface area contributed by atoms with Gasteiger partial charge in [-0.25, -0.2) is 13.1 Å². The Morgan fingerprint density at radius 2 is 1.74 bits per heavy atom. The molecule has 2 aromatic carbocycles. The fraction of sp³-hybridized carbons (Fsp3) is 0.350. The number of carbonyl (C=O) groups excluding carboxylic acids is 1. The first-order chi connectivity index (χ1) is 12.9. The van der Waals surface area contributed by atoms with Crippen LogP contribution in [0.3, 0.4) is 0 Å². The molecule has 0 aliphatic heterocycles. The van der Waals surface area contributed by atoms with Gasteiger partial charge in [0, 0.05) is 12.6 Å². The molecule has 1 atom stereocenters. The van der Waals surface area contributed by atoms with Crippen molar-refractivity contribution in [1.29, 1.82) is 0 Å². The molecule has 1 amide bonds. The minimum Gasteiger partial charge on any atom is -0.484 e. The molecule has 2 N–H and O–H groups in total. The van der Waals surface area contributed by atoms with Gasteiger partial charge in [-0.2, -0.15) is 0 Å². The van der Waals surface area contributed by atoms with Crippen LogP contribution in [0.1, 0.15) is 25.8 Å². The van der Waals surface area contributed by atoms with Gasteiger partial charge in [0.05, 0.1) is 4.90 Å². The fourth-order valence-corrected chi connectivity index (χ4v) is 3.37. The maximum atomic E-state index is 12.3. The number of hydrogen-bond acceptors (Lipinski definition) is 4. The third-order valence-corrected chi connectivity index (χ3v) is 5.55. The van der Waals surface area contributed by atoms with Crippen molar-refractivity contribution in [3.05, 3.63) is 60.2 Å². The standard InChI is InChI=1S/C20H26N2O4S/c1-3-16(2)22-20(23)15-26-18-9-11-19(12-10-18)27(24,25)21-14-13-17-7-5-4-6-8-17/h4-12,16,21H,3,13-15H2,1-2H3,(H,22,23)/t16-/m1/s1. The highest BCUT2D eigenvalue weighted by Crippen LogP contribution is 2.16. The predicted molar refractivity (Wildman–Crippen MR) is 105 cm³/mol. The van der Waals surface area contributed by atoms with E-state index in [1.165, 1.54) is 12.1 Å². The summed E-state index contributed by atoms with van der Waals surface area (Å²) in [5.41, 5.74) is 1.07. The van der Waals surface area contributed by atoms with Crippen LogP contribution in [0.2, 0.25) is 0 Å². The average Bonchev–Trinajstić information content (AvgIpc) is 2.67. The first-order valence-electron chi connectivity index (χ1n) is 8.96. The van der Waals surface area contributed by atoms with Crippen LogP contribution in [0.4, 0.5) is 0 Å². The molecule has 0 unspecified atom stereocenters. The number of amides is 1. The second-order valence-corrected chi connectivity index (χ2v) is 8.04. The van der Waals surface area contributed by atoms with E-state index in [9.17, 15) is 13.2 Å². The van der Waals surface area contributed by atoms with Crippen molar-refractivity contribution >= 4 is 15.9 Å². The van der Waals surface area contributed by atoms with Crippen LogP contribution in [0.5, 0.6) is 5.75 Å². The number of rotatable bonds is 10. The second kappa shape index (κ2) is 10.1. The summed E-state index contributed by atoms with van der Waals surface area (Å²) in [5.74, 6) is 0.237. The molecule has 2 aromatic rings. The Hall–Kier alpha value is -2.38. The molecule has 0 bridgehead atoms. The predicted octanol–water partition coefficient (Wildman–Crippen LogP) is 2.50. The van der Waals surface area contributed by atoms with E-state index in [1.807, 2.05) is 44.2 Å². The van der Waals surface area contributed by atoms with E-state index >= 15 is 0 Å². The lowest BCUT2D eigenvalue weighted by Gasteiger charge is -2.12.